The van der Waals surface area contributed by atoms with Crippen molar-refractivity contribution in [3.8, 4) is 6.07 Å². The molecule has 0 saturated carbocycles. The molecule has 1 nitrogen and oxygen atoms in total. The van der Waals surface area contributed by atoms with Crippen LogP contribution in [0.1, 0.15) is 6.42 Å². The van der Waals surface area contributed by atoms with Gasteiger partial charge in [0, 0.05) is 12.2 Å². The van der Waals surface area contributed by atoms with Gasteiger partial charge in [-0.2, -0.15) is 5.26 Å². The van der Waals surface area contributed by atoms with Crippen LogP contribution in [0, 0.1) is 11.3 Å². The van der Waals surface area contributed by atoms with Crippen LogP contribution in [0.15, 0.2) is 20.1 Å². The van der Waals surface area contributed by atoms with Crippen LogP contribution in [0.4, 0.5) is 0 Å². The second-order valence-electron chi connectivity index (χ2n) is 1.82. The standard InChI is InChI=1S/C7H6BrNS2/c8-6-2-3-7(11-6)10-5-1-4-9/h2-3H,1,5H2. The largest absolute Gasteiger partial charge is 0.198 e. The van der Waals surface area contributed by atoms with Crippen LogP contribution >= 0.6 is 39.0 Å². The first-order chi connectivity index (χ1) is 5.33. The fourth-order valence-electron chi connectivity index (χ4n) is 0.573. The van der Waals surface area contributed by atoms with E-state index < -0.39 is 0 Å². The van der Waals surface area contributed by atoms with Gasteiger partial charge >= 0.3 is 0 Å². The Bertz CT molecular complexity index is 264. The molecule has 4 heteroatoms. The lowest BCUT2D eigenvalue weighted by molar-refractivity contribution is 1.24. The van der Waals surface area contributed by atoms with E-state index in [9.17, 15) is 0 Å². The van der Waals surface area contributed by atoms with Gasteiger partial charge in [0.25, 0.3) is 0 Å². The number of rotatable bonds is 3. The highest BCUT2D eigenvalue weighted by atomic mass is 79.9. The minimum atomic E-state index is 0.625. The van der Waals surface area contributed by atoms with Crippen molar-refractivity contribution in [2.24, 2.45) is 0 Å². The third kappa shape index (κ3) is 3.28. The summed E-state index contributed by atoms with van der Waals surface area (Å²) in [6.45, 7) is 0. The molecule has 0 aliphatic rings. The Morgan fingerprint density at radius 3 is 3.00 bits per heavy atom. The topological polar surface area (TPSA) is 23.8 Å². The maximum absolute atomic E-state index is 8.28. The van der Waals surface area contributed by atoms with E-state index in [2.05, 4.69) is 28.1 Å². The molecule has 0 radical (unpaired) electrons. The Kier molecular flexibility index (Phi) is 3.98. The quantitative estimate of drug-likeness (QED) is 0.603. The van der Waals surface area contributed by atoms with E-state index in [-0.39, 0.29) is 0 Å². The first-order valence-electron chi connectivity index (χ1n) is 3.08. The minimum Gasteiger partial charge on any atom is -0.198 e. The highest BCUT2D eigenvalue weighted by Crippen LogP contribution is 2.30. The average molecular weight is 248 g/mol. The Balaban J connectivity index is 2.34. The van der Waals surface area contributed by atoms with Gasteiger partial charge in [-0.15, -0.1) is 23.1 Å². The monoisotopic (exact) mass is 247 g/mol. The predicted octanol–water partition coefficient (Wildman–Crippen LogP) is 3.52. The molecule has 1 aromatic rings. The summed E-state index contributed by atoms with van der Waals surface area (Å²) < 4.78 is 2.42. The second-order valence-corrected chi connectivity index (χ2v) is 5.67. The zero-order valence-corrected chi connectivity index (χ0v) is 8.93. The Hall–Kier alpha value is 0.0200. The summed E-state index contributed by atoms with van der Waals surface area (Å²) in [5.41, 5.74) is 0. The highest BCUT2D eigenvalue weighted by molar-refractivity contribution is 9.11. The Morgan fingerprint density at radius 2 is 2.45 bits per heavy atom. The van der Waals surface area contributed by atoms with Crippen molar-refractivity contribution in [2.45, 2.75) is 10.6 Å². The van der Waals surface area contributed by atoms with Crippen molar-refractivity contribution in [1.29, 1.82) is 5.26 Å². The molecule has 0 aliphatic carbocycles. The molecule has 1 heterocycles. The molecule has 0 unspecified atom stereocenters. The number of nitrogens with zero attached hydrogens (tertiary/aromatic N) is 1. The van der Waals surface area contributed by atoms with Gasteiger partial charge in [-0.05, 0) is 28.1 Å². The van der Waals surface area contributed by atoms with Gasteiger partial charge in [0.1, 0.15) is 0 Å². The predicted molar refractivity (Wildman–Crippen MR) is 53.0 cm³/mol. The highest BCUT2D eigenvalue weighted by Gasteiger charge is 1.96. The fraction of sp³-hybridized carbons (Fsp3) is 0.286. The van der Waals surface area contributed by atoms with Gasteiger partial charge in [0.05, 0.1) is 14.1 Å². The van der Waals surface area contributed by atoms with Crippen molar-refractivity contribution in [1.82, 2.24) is 0 Å². The van der Waals surface area contributed by atoms with Crippen molar-refractivity contribution < 1.29 is 0 Å². The number of halogens is 1. The lowest BCUT2D eigenvalue weighted by atomic mass is 10.6. The van der Waals surface area contributed by atoms with E-state index >= 15 is 0 Å². The maximum Gasteiger partial charge on any atom is 0.0710 e. The molecule has 0 aliphatic heterocycles. The number of nitriles is 1. The molecular weight excluding hydrogens is 242 g/mol. The molecular formula is C7H6BrNS2. The van der Waals surface area contributed by atoms with Gasteiger partial charge in [-0.3, -0.25) is 0 Å². The lowest BCUT2D eigenvalue weighted by Gasteiger charge is -1.89. The van der Waals surface area contributed by atoms with Crippen molar-refractivity contribution in [3.05, 3.63) is 15.9 Å². The normalized spacial score (nSPS) is 9.45. The lowest BCUT2D eigenvalue weighted by Crippen LogP contribution is -1.71. The van der Waals surface area contributed by atoms with Gasteiger partial charge < -0.3 is 0 Å². The minimum absolute atomic E-state index is 0.625. The first-order valence-corrected chi connectivity index (χ1v) is 5.67. The molecule has 1 rings (SSSR count). The van der Waals surface area contributed by atoms with Crippen LogP contribution in [-0.4, -0.2) is 5.75 Å². The second kappa shape index (κ2) is 4.81. The van der Waals surface area contributed by atoms with Crippen molar-refractivity contribution in [3.63, 3.8) is 0 Å². The summed E-state index contributed by atoms with van der Waals surface area (Å²) in [6, 6.07) is 6.21. The van der Waals surface area contributed by atoms with Crippen LogP contribution in [-0.2, 0) is 0 Å². The summed E-state index contributed by atoms with van der Waals surface area (Å²) >= 11 is 6.82. The number of hydrogen-bond acceptors (Lipinski definition) is 3. The molecule has 0 spiro atoms. The molecule has 0 bridgehead atoms. The number of thiophene rings is 1. The zero-order valence-electron chi connectivity index (χ0n) is 5.71. The van der Waals surface area contributed by atoms with E-state index in [0.29, 0.717) is 6.42 Å². The van der Waals surface area contributed by atoms with Crippen LogP contribution in [0.5, 0.6) is 0 Å². The summed E-state index contributed by atoms with van der Waals surface area (Å²) in [4.78, 5) is 0. The van der Waals surface area contributed by atoms with E-state index in [1.54, 1.807) is 23.1 Å². The van der Waals surface area contributed by atoms with Gasteiger partial charge in [-0.25, -0.2) is 0 Å². The summed E-state index contributed by atoms with van der Waals surface area (Å²) in [5, 5.41) is 8.28. The SMILES string of the molecule is N#CCCSc1ccc(Br)s1. The van der Waals surface area contributed by atoms with Gasteiger partial charge in [0.15, 0.2) is 0 Å². The van der Waals surface area contributed by atoms with Crippen LogP contribution in [0.3, 0.4) is 0 Å². The fourth-order valence-corrected chi connectivity index (χ4v) is 3.33. The van der Waals surface area contributed by atoms with Crippen LogP contribution < -0.4 is 0 Å². The van der Waals surface area contributed by atoms with E-state index in [0.717, 1.165) is 9.54 Å². The molecule has 0 amide bonds. The molecule has 0 aromatic carbocycles. The maximum atomic E-state index is 8.28. The molecule has 0 atom stereocenters. The molecule has 0 saturated heterocycles. The first kappa shape index (κ1) is 9.11. The van der Waals surface area contributed by atoms with Gasteiger partial charge in [-0.1, -0.05) is 0 Å². The van der Waals surface area contributed by atoms with Crippen LogP contribution in [0.25, 0.3) is 0 Å². The summed E-state index contributed by atoms with van der Waals surface area (Å²) in [5.74, 6) is 0.892. The van der Waals surface area contributed by atoms with E-state index in [1.165, 1.54) is 4.21 Å². The zero-order chi connectivity index (χ0) is 8.10. The van der Waals surface area contributed by atoms with E-state index in [4.69, 9.17) is 5.26 Å². The van der Waals surface area contributed by atoms with Crippen molar-refractivity contribution >= 4 is 39.0 Å². The number of hydrogen-bond donors (Lipinski definition) is 0. The molecule has 1 aromatic heterocycles. The average Bonchev–Trinajstić information content (AvgIpc) is 2.37. The molecule has 0 N–H and O–H groups in total. The third-order valence-electron chi connectivity index (χ3n) is 1.01. The molecule has 0 fully saturated rings. The van der Waals surface area contributed by atoms with E-state index in [1.807, 2.05) is 6.07 Å². The molecule has 58 valence electrons. The van der Waals surface area contributed by atoms with Crippen LogP contribution in [0.2, 0.25) is 0 Å². The summed E-state index contributed by atoms with van der Waals surface area (Å²) in [6.07, 6.45) is 0.625. The Labute approximate surface area is 82.5 Å². The summed E-state index contributed by atoms with van der Waals surface area (Å²) in [7, 11) is 0. The number of thioether (sulfide) groups is 1. The smallest absolute Gasteiger partial charge is 0.0710 e. The van der Waals surface area contributed by atoms with Gasteiger partial charge in [0.2, 0.25) is 0 Å². The molecule has 11 heavy (non-hydrogen) atoms. The third-order valence-corrected chi connectivity index (χ3v) is 3.86. The van der Waals surface area contributed by atoms with Crippen molar-refractivity contribution in [2.75, 3.05) is 5.75 Å². The Morgan fingerprint density at radius 1 is 1.64 bits per heavy atom.